The van der Waals surface area contributed by atoms with Gasteiger partial charge in [0.05, 0.1) is 5.69 Å². The fraction of sp³-hybridized carbons (Fsp3) is 0.188. The number of anilines is 2. The van der Waals surface area contributed by atoms with E-state index in [0.717, 1.165) is 16.9 Å². The summed E-state index contributed by atoms with van der Waals surface area (Å²) >= 11 is 0. The Bertz CT molecular complexity index is 596. The molecule has 20 heavy (non-hydrogen) atoms. The van der Waals surface area contributed by atoms with Crippen molar-refractivity contribution < 1.29 is 4.79 Å². The van der Waals surface area contributed by atoms with Crippen LogP contribution in [0.1, 0.15) is 22.8 Å². The van der Waals surface area contributed by atoms with Gasteiger partial charge in [-0.15, -0.1) is 0 Å². The summed E-state index contributed by atoms with van der Waals surface area (Å²) < 4.78 is 0. The van der Waals surface area contributed by atoms with Crippen LogP contribution in [0.15, 0.2) is 48.5 Å². The molecule has 4 heteroatoms. The van der Waals surface area contributed by atoms with Crippen molar-refractivity contribution in [2.45, 2.75) is 13.8 Å². The molecule has 0 aliphatic heterocycles. The number of hydrazine groups is 1. The Balaban J connectivity index is 2.32. The molecule has 0 aromatic heterocycles. The van der Waals surface area contributed by atoms with Crippen LogP contribution < -0.4 is 16.2 Å². The number of para-hydroxylation sites is 1. The van der Waals surface area contributed by atoms with E-state index in [9.17, 15) is 4.79 Å². The largest absolute Gasteiger partial charge is 0.324 e. The molecule has 4 nitrogen and oxygen atoms in total. The predicted octanol–water partition coefficient (Wildman–Crippen LogP) is 2.95. The second-order valence-electron chi connectivity index (χ2n) is 4.56. The number of rotatable bonds is 4. The smallest absolute Gasteiger partial charge is 0.258 e. The van der Waals surface area contributed by atoms with E-state index in [1.165, 1.54) is 0 Å². The minimum Gasteiger partial charge on any atom is -0.324 e. The molecule has 0 aliphatic rings. The number of carbonyl (C=O) groups excluding carboxylic acids is 1. The minimum atomic E-state index is -0.00892. The van der Waals surface area contributed by atoms with Crippen molar-refractivity contribution >= 4 is 17.3 Å². The Kier molecular flexibility index (Phi) is 4.38. The molecule has 3 N–H and O–H groups in total. The molecule has 1 amide bonds. The number of amides is 1. The Labute approximate surface area is 119 Å². The second kappa shape index (κ2) is 6.21. The number of hydrogen-bond acceptors (Lipinski definition) is 3. The van der Waals surface area contributed by atoms with Gasteiger partial charge in [0.1, 0.15) is 0 Å². The number of aryl methyl sites for hydroxylation is 1. The van der Waals surface area contributed by atoms with Crippen molar-refractivity contribution in [3.63, 3.8) is 0 Å². The van der Waals surface area contributed by atoms with Gasteiger partial charge in [0.2, 0.25) is 0 Å². The summed E-state index contributed by atoms with van der Waals surface area (Å²) in [5.74, 6) is 5.40. The van der Waals surface area contributed by atoms with E-state index in [1.807, 2.05) is 56.3 Å². The molecule has 0 fully saturated rings. The fourth-order valence-corrected chi connectivity index (χ4v) is 2.17. The molecule has 0 radical (unpaired) electrons. The summed E-state index contributed by atoms with van der Waals surface area (Å²) in [6.45, 7) is 4.51. The molecule has 0 saturated carbocycles. The van der Waals surface area contributed by atoms with Crippen LogP contribution in [-0.2, 0) is 0 Å². The SMILES string of the molecule is CCN(C(=O)c1ccc(NN)c(C)c1)c1ccccc1. The molecular weight excluding hydrogens is 250 g/mol. The summed E-state index contributed by atoms with van der Waals surface area (Å²) in [4.78, 5) is 14.4. The topological polar surface area (TPSA) is 58.4 Å². The van der Waals surface area contributed by atoms with Crippen LogP contribution in [0.5, 0.6) is 0 Å². The lowest BCUT2D eigenvalue weighted by Gasteiger charge is -2.21. The number of benzene rings is 2. The van der Waals surface area contributed by atoms with Gasteiger partial charge < -0.3 is 10.3 Å². The van der Waals surface area contributed by atoms with Gasteiger partial charge in [0.25, 0.3) is 5.91 Å². The molecule has 2 rings (SSSR count). The Morgan fingerprint density at radius 3 is 2.45 bits per heavy atom. The Morgan fingerprint density at radius 1 is 1.20 bits per heavy atom. The lowest BCUT2D eigenvalue weighted by Crippen LogP contribution is -2.30. The molecular formula is C16H19N3O. The Hall–Kier alpha value is -2.33. The van der Waals surface area contributed by atoms with E-state index < -0.39 is 0 Å². The van der Waals surface area contributed by atoms with Crippen molar-refractivity contribution in [2.24, 2.45) is 5.84 Å². The van der Waals surface area contributed by atoms with Crippen molar-refractivity contribution in [1.82, 2.24) is 0 Å². The summed E-state index contributed by atoms with van der Waals surface area (Å²) in [6, 6.07) is 15.1. The minimum absolute atomic E-state index is 0.00892. The van der Waals surface area contributed by atoms with Crippen LogP contribution in [0.25, 0.3) is 0 Å². The fourth-order valence-electron chi connectivity index (χ4n) is 2.17. The monoisotopic (exact) mass is 269 g/mol. The first-order valence-corrected chi connectivity index (χ1v) is 6.61. The average Bonchev–Trinajstić information content (AvgIpc) is 2.49. The number of nitrogens with zero attached hydrogens (tertiary/aromatic N) is 1. The zero-order chi connectivity index (χ0) is 14.5. The normalized spacial score (nSPS) is 10.2. The summed E-state index contributed by atoms with van der Waals surface area (Å²) in [6.07, 6.45) is 0. The van der Waals surface area contributed by atoms with Crippen LogP contribution in [0, 0.1) is 6.92 Å². The molecule has 0 aliphatic carbocycles. The summed E-state index contributed by atoms with van der Waals surface area (Å²) in [5.41, 5.74) is 5.94. The number of nitrogens with two attached hydrogens (primary N) is 1. The third kappa shape index (κ3) is 2.81. The van der Waals surface area contributed by atoms with E-state index in [4.69, 9.17) is 5.84 Å². The van der Waals surface area contributed by atoms with Gasteiger partial charge in [-0.05, 0) is 49.7 Å². The Morgan fingerprint density at radius 2 is 1.90 bits per heavy atom. The molecule has 2 aromatic rings. The van der Waals surface area contributed by atoms with E-state index in [1.54, 1.807) is 11.0 Å². The number of nitrogens with one attached hydrogen (secondary N) is 1. The zero-order valence-electron chi connectivity index (χ0n) is 11.8. The van der Waals surface area contributed by atoms with Gasteiger partial charge >= 0.3 is 0 Å². The molecule has 2 aromatic carbocycles. The average molecular weight is 269 g/mol. The van der Waals surface area contributed by atoms with Crippen LogP contribution in [-0.4, -0.2) is 12.5 Å². The van der Waals surface area contributed by atoms with Gasteiger partial charge in [-0.1, -0.05) is 18.2 Å². The number of nitrogen functional groups attached to an aromatic ring is 1. The molecule has 0 spiro atoms. The van der Waals surface area contributed by atoms with Gasteiger partial charge in [0, 0.05) is 17.8 Å². The predicted molar refractivity (Wildman–Crippen MR) is 82.8 cm³/mol. The highest BCUT2D eigenvalue weighted by Gasteiger charge is 2.16. The molecule has 0 atom stereocenters. The van der Waals surface area contributed by atoms with Crippen LogP contribution in [0.3, 0.4) is 0 Å². The summed E-state index contributed by atoms with van der Waals surface area (Å²) in [7, 11) is 0. The van der Waals surface area contributed by atoms with Gasteiger partial charge in [-0.3, -0.25) is 10.6 Å². The van der Waals surface area contributed by atoms with E-state index >= 15 is 0 Å². The number of hydrogen-bond donors (Lipinski definition) is 2. The van der Waals surface area contributed by atoms with Gasteiger partial charge in [-0.2, -0.15) is 0 Å². The first-order valence-electron chi connectivity index (χ1n) is 6.61. The maximum Gasteiger partial charge on any atom is 0.258 e. The third-order valence-electron chi connectivity index (χ3n) is 3.26. The highest BCUT2D eigenvalue weighted by molar-refractivity contribution is 6.06. The highest BCUT2D eigenvalue weighted by atomic mass is 16.2. The molecule has 104 valence electrons. The molecule has 0 unspecified atom stereocenters. The number of carbonyl (C=O) groups is 1. The molecule has 0 bridgehead atoms. The molecule has 0 saturated heterocycles. The maximum atomic E-state index is 12.6. The van der Waals surface area contributed by atoms with Crippen molar-refractivity contribution in [1.29, 1.82) is 0 Å². The lowest BCUT2D eigenvalue weighted by atomic mass is 10.1. The van der Waals surface area contributed by atoms with Crippen LogP contribution in [0.2, 0.25) is 0 Å². The van der Waals surface area contributed by atoms with E-state index in [2.05, 4.69) is 5.43 Å². The first-order chi connectivity index (χ1) is 9.67. The quantitative estimate of drug-likeness (QED) is 0.662. The third-order valence-corrected chi connectivity index (χ3v) is 3.26. The summed E-state index contributed by atoms with van der Waals surface area (Å²) in [5, 5.41) is 0. The standard InChI is InChI=1S/C16H19N3O/c1-3-19(14-7-5-4-6-8-14)16(20)13-9-10-15(18-17)12(2)11-13/h4-11,18H,3,17H2,1-2H3. The maximum absolute atomic E-state index is 12.6. The van der Waals surface area contributed by atoms with E-state index in [-0.39, 0.29) is 5.91 Å². The zero-order valence-corrected chi connectivity index (χ0v) is 11.8. The van der Waals surface area contributed by atoms with E-state index in [0.29, 0.717) is 12.1 Å². The van der Waals surface area contributed by atoms with Crippen LogP contribution >= 0.6 is 0 Å². The molecule has 0 heterocycles. The second-order valence-corrected chi connectivity index (χ2v) is 4.56. The first kappa shape index (κ1) is 14.1. The van der Waals surface area contributed by atoms with Crippen molar-refractivity contribution in [3.05, 3.63) is 59.7 Å². The van der Waals surface area contributed by atoms with Gasteiger partial charge in [-0.25, -0.2) is 0 Å². The highest BCUT2D eigenvalue weighted by Crippen LogP contribution is 2.20. The van der Waals surface area contributed by atoms with Crippen molar-refractivity contribution in [2.75, 3.05) is 16.9 Å². The van der Waals surface area contributed by atoms with Crippen molar-refractivity contribution in [3.8, 4) is 0 Å². The lowest BCUT2D eigenvalue weighted by molar-refractivity contribution is 0.0988. The van der Waals surface area contributed by atoms with Crippen LogP contribution in [0.4, 0.5) is 11.4 Å². The van der Waals surface area contributed by atoms with Gasteiger partial charge in [0.15, 0.2) is 0 Å².